The fraction of sp³-hybridized carbons (Fsp3) is 0.591. The van der Waals surface area contributed by atoms with Gasteiger partial charge in [-0.25, -0.2) is 4.98 Å². The molecule has 4 unspecified atom stereocenters. The Morgan fingerprint density at radius 3 is 2.52 bits per heavy atom. The number of aromatic nitrogens is 1. The molecule has 1 aliphatic heterocycles. The van der Waals surface area contributed by atoms with Crippen LogP contribution < -0.4 is 16.0 Å². The summed E-state index contributed by atoms with van der Waals surface area (Å²) in [5, 5.41) is 3.04. The zero-order valence-corrected chi connectivity index (χ0v) is 16.9. The summed E-state index contributed by atoms with van der Waals surface area (Å²) in [4.78, 5) is 33.6. The van der Waals surface area contributed by atoms with Crippen LogP contribution in [-0.4, -0.2) is 61.0 Å². The number of carbonyl (C=O) groups is 2. The van der Waals surface area contributed by atoms with Crippen molar-refractivity contribution >= 4 is 17.6 Å². The number of amides is 2. The number of fused-ring (bicyclic) bond motifs is 2. The Balaban J connectivity index is 1.13. The molecule has 2 bridgehead atoms. The summed E-state index contributed by atoms with van der Waals surface area (Å²) >= 11 is 0. The molecule has 0 radical (unpaired) electrons. The predicted molar refractivity (Wildman–Crippen MR) is 112 cm³/mol. The summed E-state index contributed by atoms with van der Waals surface area (Å²) in [5.74, 6) is 0.425. The number of piperazine rings is 1. The Kier molecular flexibility index (Phi) is 6.13. The van der Waals surface area contributed by atoms with Gasteiger partial charge in [0, 0.05) is 38.9 Å². The zero-order chi connectivity index (χ0) is 20.2. The van der Waals surface area contributed by atoms with Crippen LogP contribution in [0.4, 0.5) is 5.82 Å². The van der Waals surface area contributed by atoms with Gasteiger partial charge in [-0.15, -0.1) is 0 Å². The van der Waals surface area contributed by atoms with Crippen molar-refractivity contribution in [3.63, 3.8) is 0 Å². The van der Waals surface area contributed by atoms with E-state index in [4.69, 9.17) is 5.73 Å². The fourth-order valence-corrected chi connectivity index (χ4v) is 5.10. The summed E-state index contributed by atoms with van der Waals surface area (Å²) in [6.45, 7) is 5.80. The van der Waals surface area contributed by atoms with Gasteiger partial charge in [0.1, 0.15) is 5.82 Å². The van der Waals surface area contributed by atoms with E-state index >= 15 is 0 Å². The first-order valence-corrected chi connectivity index (χ1v) is 10.8. The fourth-order valence-electron chi connectivity index (χ4n) is 5.10. The molecule has 4 rings (SSSR count). The molecule has 1 aromatic rings. The van der Waals surface area contributed by atoms with Gasteiger partial charge in [-0.3, -0.25) is 14.5 Å². The van der Waals surface area contributed by atoms with Crippen molar-refractivity contribution in [3.8, 4) is 0 Å². The third kappa shape index (κ3) is 4.45. The van der Waals surface area contributed by atoms with Crippen molar-refractivity contribution in [3.05, 3.63) is 36.5 Å². The van der Waals surface area contributed by atoms with E-state index in [1.54, 1.807) is 0 Å². The minimum atomic E-state index is -0.341. The Hall–Kier alpha value is -2.41. The number of nitrogens with zero attached hydrogens (tertiary/aromatic N) is 3. The van der Waals surface area contributed by atoms with Crippen LogP contribution in [0.3, 0.4) is 0 Å². The molecule has 1 saturated heterocycles. The van der Waals surface area contributed by atoms with Crippen molar-refractivity contribution in [1.82, 2.24) is 15.2 Å². The second-order valence-corrected chi connectivity index (χ2v) is 8.42. The number of nitrogens with one attached hydrogen (secondary N) is 1. The number of hydrogen-bond acceptors (Lipinski definition) is 5. The molecule has 1 aromatic heterocycles. The third-order valence-electron chi connectivity index (χ3n) is 6.64. The van der Waals surface area contributed by atoms with Gasteiger partial charge in [0.15, 0.2) is 0 Å². The third-order valence-corrected chi connectivity index (χ3v) is 6.64. The Labute approximate surface area is 172 Å². The van der Waals surface area contributed by atoms with Gasteiger partial charge in [-0.05, 0) is 49.8 Å². The molecular weight excluding hydrogens is 366 g/mol. The number of primary amides is 1. The van der Waals surface area contributed by atoms with Crippen molar-refractivity contribution in [1.29, 1.82) is 0 Å². The van der Waals surface area contributed by atoms with E-state index in [0.29, 0.717) is 6.54 Å². The summed E-state index contributed by atoms with van der Waals surface area (Å²) in [5.41, 5.74) is 5.55. The summed E-state index contributed by atoms with van der Waals surface area (Å²) in [7, 11) is 0. The zero-order valence-electron chi connectivity index (χ0n) is 16.9. The maximum atomic E-state index is 12.6. The normalized spacial score (nSPS) is 28.6. The lowest BCUT2D eigenvalue weighted by Crippen LogP contribution is -2.47. The van der Waals surface area contributed by atoms with E-state index in [0.717, 1.165) is 57.8 Å². The maximum absolute atomic E-state index is 12.6. The molecule has 3 aliphatic rings. The van der Waals surface area contributed by atoms with Gasteiger partial charge >= 0.3 is 0 Å². The lowest BCUT2D eigenvalue weighted by Gasteiger charge is -2.35. The average Bonchev–Trinajstić information content (AvgIpc) is 3.36. The molecule has 0 aromatic carbocycles. The SMILES string of the molecule is NC(=O)C1C2C=CC(C2)C1C(=O)NCCCCN1CCN(c2ccccn2)CC1. The quantitative estimate of drug-likeness (QED) is 0.505. The lowest BCUT2D eigenvalue weighted by molar-refractivity contribution is -0.133. The minimum absolute atomic E-state index is 0.00498. The topological polar surface area (TPSA) is 91.6 Å². The Morgan fingerprint density at radius 1 is 1.07 bits per heavy atom. The highest BCUT2D eigenvalue weighted by Gasteiger charge is 2.50. The molecule has 3 N–H and O–H groups in total. The number of rotatable bonds is 8. The summed E-state index contributed by atoms with van der Waals surface area (Å²) in [6.07, 6.45) is 8.87. The molecule has 29 heavy (non-hydrogen) atoms. The summed E-state index contributed by atoms with van der Waals surface area (Å²) < 4.78 is 0. The standard InChI is InChI=1S/C22H31N5O2/c23-21(28)19-16-6-7-17(15-16)20(19)22(29)25-9-3-4-10-26-11-13-27(14-12-26)18-5-1-2-8-24-18/h1-2,5-8,16-17,19-20H,3-4,9-15H2,(H2,23,28)(H,25,29). The number of anilines is 1. The van der Waals surface area contributed by atoms with Crippen LogP contribution in [0, 0.1) is 23.7 Å². The summed E-state index contributed by atoms with van der Waals surface area (Å²) in [6, 6.07) is 6.04. The maximum Gasteiger partial charge on any atom is 0.224 e. The molecule has 1 saturated carbocycles. The van der Waals surface area contributed by atoms with Gasteiger partial charge < -0.3 is 16.0 Å². The molecular formula is C22H31N5O2. The highest BCUT2D eigenvalue weighted by molar-refractivity contribution is 5.89. The van der Waals surface area contributed by atoms with E-state index in [-0.39, 0.29) is 35.5 Å². The highest BCUT2D eigenvalue weighted by atomic mass is 16.2. The van der Waals surface area contributed by atoms with E-state index in [1.165, 1.54) is 0 Å². The van der Waals surface area contributed by atoms with Crippen molar-refractivity contribution in [2.45, 2.75) is 19.3 Å². The van der Waals surface area contributed by atoms with Gasteiger partial charge in [0.2, 0.25) is 11.8 Å². The smallest absolute Gasteiger partial charge is 0.224 e. The number of carbonyl (C=O) groups excluding carboxylic acids is 2. The van der Waals surface area contributed by atoms with Gasteiger partial charge in [0.25, 0.3) is 0 Å². The molecule has 2 heterocycles. The number of unbranched alkanes of at least 4 members (excludes halogenated alkanes) is 1. The van der Waals surface area contributed by atoms with Gasteiger partial charge in [-0.1, -0.05) is 18.2 Å². The largest absolute Gasteiger partial charge is 0.369 e. The highest BCUT2D eigenvalue weighted by Crippen LogP contribution is 2.47. The molecule has 2 fully saturated rings. The molecule has 4 atom stereocenters. The molecule has 156 valence electrons. The Bertz CT molecular complexity index is 745. The van der Waals surface area contributed by atoms with Crippen LogP contribution in [-0.2, 0) is 9.59 Å². The van der Waals surface area contributed by atoms with Crippen molar-refractivity contribution < 1.29 is 9.59 Å². The van der Waals surface area contributed by atoms with Crippen LogP contribution in [0.5, 0.6) is 0 Å². The predicted octanol–water partition coefficient (Wildman–Crippen LogP) is 1.02. The number of allylic oxidation sites excluding steroid dienone is 2. The van der Waals surface area contributed by atoms with Crippen LogP contribution in [0.15, 0.2) is 36.5 Å². The van der Waals surface area contributed by atoms with Crippen LogP contribution in [0.2, 0.25) is 0 Å². The number of hydrogen-bond donors (Lipinski definition) is 2. The van der Waals surface area contributed by atoms with Crippen LogP contribution in [0.1, 0.15) is 19.3 Å². The minimum Gasteiger partial charge on any atom is -0.369 e. The monoisotopic (exact) mass is 397 g/mol. The van der Waals surface area contributed by atoms with Crippen LogP contribution in [0.25, 0.3) is 0 Å². The van der Waals surface area contributed by atoms with Crippen LogP contribution >= 0.6 is 0 Å². The molecule has 7 nitrogen and oxygen atoms in total. The van der Waals surface area contributed by atoms with Crippen molar-refractivity contribution in [2.24, 2.45) is 29.4 Å². The lowest BCUT2D eigenvalue weighted by atomic mass is 9.82. The number of nitrogens with two attached hydrogens (primary N) is 1. The van der Waals surface area contributed by atoms with Gasteiger partial charge in [-0.2, -0.15) is 0 Å². The average molecular weight is 398 g/mol. The molecule has 7 heteroatoms. The first-order chi connectivity index (χ1) is 14.1. The second-order valence-electron chi connectivity index (χ2n) is 8.42. The van der Waals surface area contributed by atoms with E-state index in [1.807, 2.05) is 18.3 Å². The molecule has 0 spiro atoms. The molecule has 2 amide bonds. The second kappa shape index (κ2) is 8.95. The van der Waals surface area contributed by atoms with Gasteiger partial charge in [0.05, 0.1) is 11.8 Å². The van der Waals surface area contributed by atoms with E-state index in [9.17, 15) is 9.59 Å². The van der Waals surface area contributed by atoms with Crippen molar-refractivity contribution in [2.75, 3.05) is 44.2 Å². The number of pyridine rings is 1. The van der Waals surface area contributed by atoms with E-state index < -0.39 is 0 Å². The first kappa shape index (κ1) is 19.9. The van der Waals surface area contributed by atoms with E-state index in [2.05, 4.69) is 38.3 Å². The Morgan fingerprint density at radius 2 is 1.83 bits per heavy atom. The first-order valence-electron chi connectivity index (χ1n) is 10.8. The molecule has 2 aliphatic carbocycles.